The third-order valence-corrected chi connectivity index (χ3v) is 6.43. The first-order valence-electron chi connectivity index (χ1n) is 10.8. The maximum Gasteiger partial charge on any atom is 0.339 e. The van der Waals surface area contributed by atoms with Gasteiger partial charge in [-0.3, -0.25) is 4.79 Å². The fraction of sp³-hybridized carbons (Fsp3) is 0.435. The molecule has 0 bridgehead atoms. The highest BCUT2D eigenvalue weighted by atomic mass is 35.5. The van der Waals surface area contributed by atoms with Crippen molar-refractivity contribution in [3.8, 4) is 0 Å². The second kappa shape index (κ2) is 9.66. The molecule has 2 aliphatic rings. The maximum atomic E-state index is 12.5. The van der Waals surface area contributed by atoms with Gasteiger partial charge in [0.15, 0.2) is 0 Å². The number of aromatic nitrogens is 1. The minimum absolute atomic E-state index is 0.0925. The zero-order chi connectivity index (χ0) is 21.8. The number of amides is 1. The van der Waals surface area contributed by atoms with E-state index in [2.05, 4.69) is 15.2 Å². The van der Waals surface area contributed by atoms with Crippen LogP contribution in [0.1, 0.15) is 46.4 Å². The Hall–Kier alpha value is -2.64. The number of piperidine rings is 1. The van der Waals surface area contributed by atoms with Crippen LogP contribution < -0.4 is 10.2 Å². The maximum absolute atomic E-state index is 12.5. The molecule has 0 atom stereocenters. The fourth-order valence-corrected chi connectivity index (χ4v) is 4.66. The fourth-order valence-electron chi connectivity index (χ4n) is 4.44. The van der Waals surface area contributed by atoms with Gasteiger partial charge in [-0.2, -0.15) is 0 Å². The summed E-state index contributed by atoms with van der Waals surface area (Å²) in [6.07, 6.45) is 6.16. The lowest BCUT2D eigenvalue weighted by molar-refractivity contribution is 0.0696. The summed E-state index contributed by atoms with van der Waals surface area (Å²) in [5.74, 6) is -0.352. The number of carbonyl (C=O) groups is 2. The summed E-state index contributed by atoms with van der Waals surface area (Å²) in [5, 5.41) is 12.8. The lowest BCUT2D eigenvalue weighted by Gasteiger charge is -2.35. The molecule has 1 aromatic carbocycles. The van der Waals surface area contributed by atoms with Gasteiger partial charge in [0.1, 0.15) is 11.4 Å². The summed E-state index contributed by atoms with van der Waals surface area (Å²) in [6, 6.07) is 8.18. The van der Waals surface area contributed by atoms with E-state index in [9.17, 15) is 14.7 Å². The highest BCUT2D eigenvalue weighted by Crippen LogP contribution is 2.28. The van der Waals surface area contributed by atoms with Crippen molar-refractivity contribution in [2.45, 2.75) is 25.7 Å². The highest BCUT2D eigenvalue weighted by molar-refractivity contribution is 6.34. The molecule has 31 heavy (non-hydrogen) atoms. The molecule has 1 aromatic heterocycles. The number of hydrogen-bond acceptors (Lipinski definition) is 5. The number of pyridine rings is 1. The predicted molar refractivity (Wildman–Crippen MR) is 121 cm³/mol. The van der Waals surface area contributed by atoms with Crippen LogP contribution in [0.5, 0.6) is 0 Å². The van der Waals surface area contributed by atoms with Crippen LogP contribution in [-0.2, 0) is 0 Å². The quantitative estimate of drug-likeness (QED) is 0.703. The van der Waals surface area contributed by atoms with Gasteiger partial charge in [-0.25, -0.2) is 9.78 Å². The molecule has 4 rings (SSSR count). The number of carboxylic acid groups (broad SMARTS) is 1. The molecule has 3 heterocycles. The van der Waals surface area contributed by atoms with Gasteiger partial charge in [0.05, 0.1) is 22.5 Å². The molecule has 2 aliphatic heterocycles. The van der Waals surface area contributed by atoms with Crippen molar-refractivity contribution in [2.24, 2.45) is 5.92 Å². The number of likely N-dealkylation sites (tertiary alicyclic amines) is 1. The molecule has 2 aromatic rings. The van der Waals surface area contributed by atoms with E-state index in [4.69, 9.17) is 11.6 Å². The molecule has 0 saturated carbocycles. The van der Waals surface area contributed by atoms with Crippen molar-refractivity contribution < 1.29 is 14.7 Å². The number of aromatic carboxylic acids is 1. The minimum Gasteiger partial charge on any atom is -0.478 e. The molecule has 0 unspecified atom stereocenters. The summed E-state index contributed by atoms with van der Waals surface area (Å²) in [5.41, 5.74) is 0.745. The Labute approximate surface area is 187 Å². The number of hydrogen-bond donors (Lipinski definition) is 2. The van der Waals surface area contributed by atoms with Crippen LogP contribution in [0, 0.1) is 5.92 Å². The number of carbonyl (C=O) groups excluding carboxylic acids is 1. The Balaban J connectivity index is 1.43. The van der Waals surface area contributed by atoms with Gasteiger partial charge in [0, 0.05) is 19.6 Å². The van der Waals surface area contributed by atoms with Gasteiger partial charge in [-0.1, -0.05) is 23.7 Å². The van der Waals surface area contributed by atoms with Crippen LogP contribution in [-0.4, -0.2) is 59.6 Å². The van der Waals surface area contributed by atoms with Crippen molar-refractivity contribution in [3.05, 3.63) is 52.7 Å². The Morgan fingerprint density at radius 1 is 1.10 bits per heavy atom. The van der Waals surface area contributed by atoms with Crippen LogP contribution >= 0.6 is 11.6 Å². The number of halogens is 1. The zero-order valence-electron chi connectivity index (χ0n) is 17.4. The topological polar surface area (TPSA) is 85.8 Å². The molecule has 164 valence electrons. The van der Waals surface area contributed by atoms with Crippen molar-refractivity contribution in [1.29, 1.82) is 0 Å². The van der Waals surface area contributed by atoms with E-state index in [1.807, 2.05) is 4.90 Å². The Bertz CT molecular complexity index is 954. The van der Waals surface area contributed by atoms with E-state index in [0.29, 0.717) is 28.0 Å². The van der Waals surface area contributed by atoms with Gasteiger partial charge in [0.25, 0.3) is 5.91 Å². The number of benzene rings is 1. The summed E-state index contributed by atoms with van der Waals surface area (Å²) >= 11 is 6.08. The molecule has 8 heteroatoms. The Kier molecular flexibility index (Phi) is 6.73. The summed E-state index contributed by atoms with van der Waals surface area (Å²) in [6.45, 7) is 5.12. The van der Waals surface area contributed by atoms with Gasteiger partial charge < -0.3 is 20.2 Å². The van der Waals surface area contributed by atoms with Crippen molar-refractivity contribution in [2.75, 3.05) is 42.9 Å². The van der Waals surface area contributed by atoms with E-state index in [0.717, 1.165) is 32.5 Å². The first-order chi connectivity index (χ1) is 15.0. The second-order valence-corrected chi connectivity index (χ2v) is 8.68. The van der Waals surface area contributed by atoms with Crippen LogP contribution in [0.15, 0.2) is 36.5 Å². The molecule has 0 spiro atoms. The summed E-state index contributed by atoms with van der Waals surface area (Å²) in [4.78, 5) is 33.4. The number of nitrogens with zero attached hydrogens (tertiary/aromatic N) is 3. The highest BCUT2D eigenvalue weighted by Gasteiger charge is 2.26. The van der Waals surface area contributed by atoms with Gasteiger partial charge in [-0.05, 0) is 62.9 Å². The summed E-state index contributed by atoms with van der Waals surface area (Å²) < 4.78 is 0. The Morgan fingerprint density at radius 3 is 2.48 bits per heavy atom. The van der Waals surface area contributed by atoms with E-state index >= 15 is 0 Å². The molecule has 0 aliphatic carbocycles. The standard InChI is InChI=1S/C23H27ClN4O3/c24-20-6-2-1-5-18(20)22(29)26-17-13-19(23(30)31)21(25-14-17)28-11-7-16(8-12-28)15-27-9-3-4-10-27/h1-2,5-6,13-14,16H,3-4,7-12,15H2,(H,26,29)(H,30,31). The summed E-state index contributed by atoms with van der Waals surface area (Å²) in [7, 11) is 0. The predicted octanol–water partition coefficient (Wildman–Crippen LogP) is 4.00. The van der Waals surface area contributed by atoms with Crippen LogP contribution in [0.4, 0.5) is 11.5 Å². The number of rotatable bonds is 6. The van der Waals surface area contributed by atoms with Gasteiger partial charge >= 0.3 is 5.97 Å². The molecule has 1 amide bonds. The first kappa shape index (κ1) is 21.6. The van der Waals surface area contributed by atoms with E-state index in [1.165, 1.54) is 38.2 Å². The van der Waals surface area contributed by atoms with Gasteiger partial charge in [-0.15, -0.1) is 0 Å². The third-order valence-electron chi connectivity index (χ3n) is 6.10. The van der Waals surface area contributed by atoms with Crippen LogP contribution in [0.2, 0.25) is 5.02 Å². The first-order valence-corrected chi connectivity index (χ1v) is 11.2. The number of anilines is 2. The third kappa shape index (κ3) is 5.17. The van der Waals surface area contributed by atoms with E-state index in [-0.39, 0.29) is 5.56 Å². The molecular formula is C23H27ClN4O3. The molecule has 2 saturated heterocycles. The Morgan fingerprint density at radius 2 is 1.81 bits per heavy atom. The average molecular weight is 443 g/mol. The zero-order valence-corrected chi connectivity index (χ0v) is 18.1. The lowest BCUT2D eigenvalue weighted by atomic mass is 9.96. The molecular weight excluding hydrogens is 416 g/mol. The van der Waals surface area contributed by atoms with Crippen molar-refractivity contribution in [3.63, 3.8) is 0 Å². The molecule has 0 radical (unpaired) electrons. The monoisotopic (exact) mass is 442 g/mol. The number of carboxylic acids is 1. The lowest BCUT2D eigenvalue weighted by Crippen LogP contribution is -2.39. The SMILES string of the molecule is O=C(Nc1cnc(N2CCC(CN3CCCC3)CC2)c(C(=O)O)c1)c1ccccc1Cl. The minimum atomic E-state index is -1.06. The van der Waals surface area contributed by atoms with Crippen molar-refractivity contribution in [1.82, 2.24) is 9.88 Å². The number of nitrogens with one attached hydrogen (secondary N) is 1. The molecule has 2 fully saturated rings. The van der Waals surface area contributed by atoms with E-state index < -0.39 is 11.9 Å². The van der Waals surface area contributed by atoms with E-state index in [1.54, 1.807) is 24.3 Å². The smallest absolute Gasteiger partial charge is 0.339 e. The van der Waals surface area contributed by atoms with Crippen LogP contribution in [0.3, 0.4) is 0 Å². The van der Waals surface area contributed by atoms with Crippen molar-refractivity contribution >= 4 is 35.0 Å². The normalized spacial score (nSPS) is 17.6. The van der Waals surface area contributed by atoms with Gasteiger partial charge in [0.2, 0.25) is 0 Å². The molecule has 2 N–H and O–H groups in total. The van der Waals surface area contributed by atoms with Crippen LogP contribution in [0.25, 0.3) is 0 Å². The molecule has 7 nitrogen and oxygen atoms in total. The largest absolute Gasteiger partial charge is 0.478 e. The second-order valence-electron chi connectivity index (χ2n) is 8.27. The average Bonchev–Trinajstić information content (AvgIpc) is 3.27.